The van der Waals surface area contributed by atoms with Crippen LogP contribution in [-0.4, -0.2) is 41.7 Å². The summed E-state index contributed by atoms with van der Waals surface area (Å²) in [5.41, 5.74) is -0.173. The minimum absolute atomic E-state index is 0.0196. The Hall–Kier alpha value is -1.47. The molecule has 7 nitrogen and oxygen atoms in total. The van der Waals surface area contributed by atoms with E-state index in [0.29, 0.717) is 19.8 Å². The quantitative estimate of drug-likeness (QED) is 0.334. The SMILES string of the molecule is CCOCCN(C)c1nc(Cl)ncc1[N+](=O)[O-]. The molecule has 17 heavy (non-hydrogen) atoms. The molecule has 8 heteroatoms. The van der Waals surface area contributed by atoms with Crippen molar-refractivity contribution in [2.75, 3.05) is 31.7 Å². The zero-order valence-corrected chi connectivity index (χ0v) is 10.3. The monoisotopic (exact) mass is 260 g/mol. The number of hydrogen-bond donors (Lipinski definition) is 0. The third-order valence-electron chi connectivity index (χ3n) is 2.05. The van der Waals surface area contributed by atoms with Crippen molar-refractivity contribution < 1.29 is 9.66 Å². The molecule has 0 unspecified atom stereocenters. The number of hydrogen-bond acceptors (Lipinski definition) is 6. The summed E-state index contributed by atoms with van der Waals surface area (Å²) in [5, 5.41) is 10.8. The van der Waals surface area contributed by atoms with E-state index in [9.17, 15) is 10.1 Å². The van der Waals surface area contributed by atoms with Crippen molar-refractivity contribution in [3.05, 3.63) is 21.6 Å². The Kier molecular flexibility index (Phi) is 5.05. The van der Waals surface area contributed by atoms with Gasteiger partial charge in [0, 0.05) is 20.2 Å². The predicted octanol–water partition coefficient (Wildman–Crippen LogP) is 1.51. The summed E-state index contributed by atoms with van der Waals surface area (Å²) in [4.78, 5) is 19.3. The maximum Gasteiger partial charge on any atom is 0.329 e. The van der Waals surface area contributed by atoms with Crippen molar-refractivity contribution in [3.63, 3.8) is 0 Å². The first-order valence-corrected chi connectivity index (χ1v) is 5.39. The molecule has 0 aliphatic rings. The number of nitro groups is 1. The Bertz CT molecular complexity index is 402. The summed E-state index contributed by atoms with van der Waals surface area (Å²) < 4.78 is 5.17. The summed E-state index contributed by atoms with van der Waals surface area (Å²) in [6.07, 6.45) is 1.10. The number of likely N-dealkylation sites (N-methyl/N-ethyl adjacent to an activating group) is 1. The molecule has 1 rings (SSSR count). The Morgan fingerprint density at radius 1 is 1.65 bits per heavy atom. The molecule has 0 atom stereocenters. The molecule has 94 valence electrons. The second kappa shape index (κ2) is 6.31. The van der Waals surface area contributed by atoms with Crippen LogP contribution < -0.4 is 4.90 Å². The van der Waals surface area contributed by atoms with Crippen molar-refractivity contribution in [1.29, 1.82) is 0 Å². The highest BCUT2D eigenvalue weighted by Crippen LogP contribution is 2.24. The van der Waals surface area contributed by atoms with Gasteiger partial charge in [-0.05, 0) is 18.5 Å². The van der Waals surface area contributed by atoms with E-state index in [0.717, 1.165) is 6.20 Å². The Morgan fingerprint density at radius 2 is 2.35 bits per heavy atom. The molecule has 0 N–H and O–H groups in total. The molecule has 0 aliphatic heterocycles. The number of anilines is 1. The van der Waals surface area contributed by atoms with E-state index in [1.165, 1.54) is 0 Å². The molecular formula is C9H13ClN4O3. The number of halogens is 1. The van der Waals surface area contributed by atoms with E-state index < -0.39 is 4.92 Å². The van der Waals surface area contributed by atoms with Crippen molar-refractivity contribution in [3.8, 4) is 0 Å². The molecule has 0 aliphatic carbocycles. The van der Waals surface area contributed by atoms with E-state index in [1.807, 2.05) is 6.92 Å². The highest BCUT2D eigenvalue weighted by atomic mass is 35.5. The van der Waals surface area contributed by atoms with Gasteiger partial charge >= 0.3 is 5.69 Å². The second-order valence-corrected chi connectivity index (χ2v) is 3.56. The molecule has 0 spiro atoms. The van der Waals surface area contributed by atoms with Crippen molar-refractivity contribution in [2.45, 2.75) is 6.92 Å². The lowest BCUT2D eigenvalue weighted by Crippen LogP contribution is -2.24. The highest BCUT2D eigenvalue weighted by molar-refractivity contribution is 6.28. The maximum atomic E-state index is 10.8. The van der Waals surface area contributed by atoms with E-state index >= 15 is 0 Å². The lowest BCUT2D eigenvalue weighted by molar-refractivity contribution is -0.384. The first-order valence-electron chi connectivity index (χ1n) is 5.02. The first-order chi connectivity index (χ1) is 8.06. The zero-order chi connectivity index (χ0) is 12.8. The van der Waals surface area contributed by atoms with E-state index in [-0.39, 0.29) is 16.8 Å². The van der Waals surface area contributed by atoms with Gasteiger partial charge in [0.25, 0.3) is 0 Å². The summed E-state index contributed by atoms with van der Waals surface area (Å²) in [7, 11) is 1.69. The summed E-state index contributed by atoms with van der Waals surface area (Å²) in [5.74, 6) is 0.190. The standard InChI is InChI=1S/C9H13ClN4O3/c1-3-17-5-4-13(2)8-7(14(15)16)6-11-9(10)12-8/h6H,3-5H2,1-2H3. The van der Waals surface area contributed by atoms with Gasteiger partial charge in [0.1, 0.15) is 6.20 Å². The average molecular weight is 261 g/mol. The van der Waals surface area contributed by atoms with Crippen LogP contribution in [0.15, 0.2) is 6.20 Å². The van der Waals surface area contributed by atoms with Gasteiger partial charge in [-0.15, -0.1) is 0 Å². The van der Waals surface area contributed by atoms with Gasteiger partial charge in [-0.2, -0.15) is 4.98 Å². The number of aromatic nitrogens is 2. The Morgan fingerprint density at radius 3 is 2.94 bits per heavy atom. The molecule has 0 fully saturated rings. The van der Waals surface area contributed by atoms with Crippen LogP contribution in [0.4, 0.5) is 11.5 Å². The molecule has 0 saturated carbocycles. The fraction of sp³-hybridized carbons (Fsp3) is 0.556. The first kappa shape index (κ1) is 13.6. The van der Waals surface area contributed by atoms with Gasteiger partial charge in [-0.3, -0.25) is 10.1 Å². The molecule has 1 aromatic heterocycles. The summed E-state index contributed by atoms with van der Waals surface area (Å²) in [6.45, 7) is 3.43. The zero-order valence-electron chi connectivity index (χ0n) is 9.59. The highest BCUT2D eigenvalue weighted by Gasteiger charge is 2.20. The van der Waals surface area contributed by atoms with Crippen LogP contribution in [0.25, 0.3) is 0 Å². The number of ether oxygens (including phenoxy) is 1. The van der Waals surface area contributed by atoms with Crippen LogP contribution in [0.5, 0.6) is 0 Å². The molecule has 0 amide bonds. The van der Waals surface area contributed by atoms with Gasteiger partial charge in [0.05, 0.1) is 11.5 Å². The van der Waals surface area contributed by atoms with Crippen LogP contribution in [0.3, 0.4) is 0 Å². The van der Waals surface area contributed by atoms with Crippen LogP contribution in [0.2, 0.25) is 5.28 Å². The normalized spacial score (nSPS) is 10.3. The lowest BCUT2D eigenvalue weighted by Gasteiger charge is -2.17. The fourth-order valence-electron chi connectivity index (χ4n) is 1.21. The topological polar surface area (TPSA) is 81.4 Å². The summed E-state index contributed by atoms with van der Waals surface area (Å²) in [6, 6.07) is 0. The van der Waals surface area contributed by atoms with Gasteiger partial charge in [-0.25, -0.2) is 4.98 Å². The summed E-state index contributed by atoms with van der Waals surface area (Å²) >= 11 is 5.62. The fourth-order valence-corrected chi connectivity index (χ4v) is 1.34. The third kappa shape index (κ3) is 3.79. The molecule has 0 bridgehead atoms. The minimum atomic E-state index is -0.539. The van der Waals surface area contributed by atoms with E-state index in [2.05, 4.69) is 9.97 Å². The lowest BCUT2D eigenvalue weighted by atomic mass is 10.4. The molecule has 1 heterocycles. The van der Waals surface area contributed by atoms with E-state index in [4.69, 9.17) is 16.3 Å². The largest absolute Gasteiger partial charge is 0.380 e. The maximum absolute atomic E-state index is 10.8. The molecule has 0 aromatic carbocycles. The smallest absolute Gasteiger partial charge is 0.329 e. The second-order valence-electron chi connectivity index (χ2n) is 3.22. The third-order valence-corrected chi connectivity index (χ3v) is 2.24. The van der Waals surface area contributed by atoms with E-state index in [1.54, 1.807) is 11.9 Å². The van der Waals surface area contributed by atoms with Crippen LogP contribution in [-0.2, 0) is 4.74 Å². The number of nitrogens with zero attached hydrogens (tertiary/aromatic N) is 4. The minimum Gasteiger partial charge on any atom is -0.380 e. The van der Waals surface area contributed by atoms with Crippen LogP contribution >= 0.6 is 11.6 Å². The van der Waals surface area contributed by atoms with Crippen molar-refractivity contribution in [2.24, 2.45) is 0 Å². The Labute approximate surface area is 104 Å². The van der Waals surface area contributed by atoms with Gasteiger partial charge < -0.3 is 9.64 Å². The van der Waals surface area contributed by atoms with Crippen LogP contribution in [0.1, 0.15) is 6.92 Å². The van der Waals surface area contributed by atoms with Crippen molar-refractivity contribution in [1.82, 2.24) is 9.97 Å². The number of rotatable bonds is 6. The van der Waals surface area contributed by atoms with Gasteiger partial charge in [-0.1, -0.05) is 0 Å². The predicted molar refractivity (Wildman–Crippen MR) is 63.5 cm³/mol. The van der Waals surface area contributed by atoms with Crippen LogP contribution in [0, 0.1) is 10.1 Å². The molecule has 1 aromatic rings. The molecular weight excluding hydrogens is 248 g/mol. The van der Waals surface area contributed by atoms with Gasteiger partial charge in [0.2, 0.25) is 11.1 Å². The molecule has 0 saturated heterocycles. The Balaban J connectivity index is 2.86. The van der Waals surface area contributed by atoms with Gasteiger partial charge in [0.15, 0.2) is 0 Å². The average Bonchev–Trinajstić information content (AvgIpc) is 2.28. The molecule has 0 radical (unpaired) electrons. The van der Waals surface area contributed by atoms with Crippen molar-refractivity contribution >= 4 is 23.1 Å².